The summed E-state index contributed by atoms with van der Waals surface area (Å²) in [5.74, 6) is 0. The topological polar surface area (TPSA) is 24.3 Å². The lowest BCUT2D eigenvalue weighted by molar-refractivity contribution is 0.167. The lowest BCUT2D eigenvalue weighted by atomic mass is 10.1. The Balaban J connectivity index is 1.73. The third-order valence-corrected chi connectivity index (χ3v) is 5.91. The van der Waals surface area contributed by atoms with Crippen LogP contribution in [-0.2, 0) is 13.1 Å². The van der Waals surface area contributed by atoms with E-state index in [0.717, 1.165) is 26.2 Å². The summed E-state index contributed by atoms with van der Waals surface area (Å²) >= 11 is 1.85. The van der Waals surface area contributed by atoms with Crippen LogP contribution >= 0.6 is 11.3 Å². The molecule has 2 aromatic rings. The minimum Gasteiger partial charge on any atom is -0.299 e. The zero-order valence-corrected chi connectivity index (χ0v) is 15.6. The van der Waals surface area contributed by atoms with Crippen molar-refractivity contribution in [2.24, 2.45) is 0 Å². The second-order valence-corrected chi connectivity index (χ2v) is 7.59. The third kappa shape index (κ3) is 3.97. The number of aromatic nitrogens is 2. The van der Waals surface area contributed by atoms with Crippen LogP contribution in [0.2, 0.25) is 0 Å². The second kappa shape index (κ2) is 8.10. The molecule has 5 heteroatoms. The van der Waals surface area contributed by atoms with Crippen molar-refractivity contribution in [2.45, 2.75) is 45.8 Å². The fourth-order valence-corrected chi connectivity index (χ4v) is 4.41. The summed E-state index contributed by atoms with van der Waals surface area (Å²) in [6.45, 7) is 13.7. The average Bonchev–Trinajstić information content (AvgIpc) is 3.31. The van der Waals surface area contributed by atoms with Gasteiger partial charge in [-0.05, 0) is 44.3 Å². The molecule has 3 rings (SSSR count). The Bertz CT molecular complexity index is 646. The number of rotatable bonds is 8. The van der Waals surface area contributed by atoms with Crippen molar-refractivity contribution in [3.63, 3.8) is 0 Å². The molecule has 24 heavy (non-hydrogen) atoms. The molecule has 1 aliphatic heterocycles. The SMILES string of the molecule is C=Cn1ncc(CN(Cc2cccs2)CC2CCCN2CC)c1C. The number of likely N-dealkylation sites (tertiary alicyclic amines) is 1. The molecule has 0 aromatic carbocycles. The highest BCUT2D eigenvalue weighted by Crippen LogP contribution is 2.22. The van der Waals surface area contributed by atoms with E-state index in [4.69, 9.17) is 0 Å². The second-order valence-electron chi connectivity index (χ2n) is 6.56. The van der Waals surface area contributed by atoms with Crippen molar-refractivity contribution in [1.29, 1.82) is 0 Å². The van der Waals surface area contributed by atoms with Crippen molar-refractivity contribution >= 4 is 17.5 Å². The highest BCUT2D eigenvalue weighted by Gasteiger charge is 2.25. The molecule has 3 heterocycles. The number of hydrogen-bond acceptors (Lipinski definition) is 4. The van der Waals surface area contributed by atoms with E-state index in [1.807, 2.05) is 22.2 Å². The van der Waals surface area contributed by atoms with E-state index in [2.05, 4.69) is 52.8 Å². The van der Waals surface area contributed by atoms with Gasteiger partial charge in [0.1, 0.15) is 0 Å². The van der Waals surface area contributed by atoms with E-state index in [-0.39, 0.29) is 0 Å². The maximum atomic E-state index is 4.41. The Labute approximate surface area is 149 Å². The highest BCUT2D eigenvalue weighted by atomic mass is 32.1. The van der Waals surface area contributed by atoms with Gasteiger partial charge >= 0.3 is 0 Å². The number of nitrogens with zero attached hydrogens (tertiary/aromatic N) is 4. The summed E-state index contributed by atoms with van der Waals surface area (Å²) in [6, 6.07) is 5.07. The fourth-order valence-electron chi connectivity index (χ4n) is 3.66. The van der Waals surface area contributed by atoms with Crippen molar-refractivity contribution < 1.29 is 0 Å². The molecule has 0 spiro atoms. The van der Waals surface area contributed by atoms with E-state index >= 15 is 0 Å². The summed E-state index contributed by atoms with van der Waals surface area (Å²) in [5.41, 5.74) is 2.49. The van der Waals surface area contributed by atoms with Gasteiger partial charge < -0.3 is 0 Å². The van der Waals surface area contributed by atoms with E-state index in [0.29, 0.717) is 6.04 Å². The van der Waals surface area contributed by atoms with Crippen molar-refractivity contribution in [2.75, 3.05) is 19.6 Å². The van der Waals surface area contributed by atoms with Gasteiger partial charge in [0.15, 0.2) is 0 Å². The van der Waals surface area contributed by atoms with Crippen LogP contribution in [-0.4, -0.2) is 45.3 Å². The molecule has 1 aliphatic rings. The van der Waals surface area contributed by atoms with Crippen LogP contribution in [0.1, 0.15) is 35.9 Å². The summed E-state index contributed by atoms with van der Waals surface area (Å²) in [7, 11) is 0. The largest absolute Gasteiger partial charge is 0.299 e. The van der Waals surface area contributed by atoms with Gasteiger partial charge in [0, 0.05) is 48.0 Å². The molecule has 0 amide bonds. The standard InChI is InChI=1S/C19H28N4S/c1-4-22-10-6-8-18(22)14-21(15-19-9-7-11-24-19)13-17-12-20-23(5-2)16(17)3/h5,7,9,11-12,18H,2,4,6,8,10,13-15H2,1,3H3. The minimum atomic E-state index is 0.685. The van der Waals surface area contributed by atoms with E-state index in [1.165, 1.54) is 35.5 Å². The first-order chi connectivity index (χ1) is 11.7. The first-order valence-corrected chi connectivity index (χ1v) is 9.73. The zero-order chi connectivity index (χ0) is 16.9. The van der Waals surface area contributed by atoms with Gasteiger partial charge in [-0.1, -0.05) is 19.6 Å². The van der Waals surface area contributed by atoms with E-state index < -0.39 is 0 Å². The van der Waals surface area contributed by atoms with Crippen LogP contribution < -0.4 is 0 Å². The maximum Gasteiger partial charge on any atom is 0.0541 e. The van der Waals surface area contributed by atoms with Gasteiger partial charge in [-0.25, -0.2) is 4.68 Å². The number of likely N-dealkylation sites (N-methyl/N-ethyl adjacent to an activating group) is 1. The maximum absolute atomic E-state index is 4.41. The average molecular weight is 345 g/mol. The Morgan fingerprint density at radius 1 is 1.46 bits per heavy atom. The molecular weight excluding hydrogens is 316 g/mol. The van der Waals surface area contributed by atoms with Gasteiger partial charge in [-0.15, -0.1) is 11.3 Å². The molecule has 0 bridgehead atoms. The van der Waals surface area contributed by atoms with E-state index in [1.54, 1.807) is 6.20 Å². The summed E-state index contributed by atoms with van der Waals surface area (Å²) in [6.07, 6.45) is 6.42. The molecule has 0 aliphatic carbocycles. The third-order valence-electron chi connectivity index (χ3n) is 5.05. The molecule has 1 fully saturated rings. The predicted octanol–water partition coefficient (Wildman–Crippen LogP) is 3.84. The highest BCUT2D eigenvalue weighted by molar-refractivity contribution is 7.09. The van der Waals surface area contributed by atoms with Crippen LogP contribution in [0, 0.1) is 6.92 Å². The summed E-state index contributed by atoms with van der Waals surface area (Å²) in [5, 5.41) is 6.58. The van der Waals surface area contributed by atoms with Gasteiger partial charge in [0.05, 0.1) is 6.20 Å². The van der Waals surface area contributed by atoms with Crippen LogP contribution in [0.4, 0.5) is 0 Å². The van der Waals surface area contributed by atoms with Gasteiger partial charge in [-0.3, -0.25) is 9.80 Å². The fraction of sp³-hybridized carbons (Fsp3) is 0.526. The summed E-state index contributed by atoms with van der Waals surface area (Å²) in [4.78, 5) is 6.65. The molecule has 1 unspecified atom stereocenters. The normalized spacial score (nSPS) is 18.5. The molecule has 0 saturated carbocycles. The van der Waals surface area contributed by atoms with Crippen LogP contribution in [0.5, 0.6) is 0 Å². The van der Waals surface area contributed by atoms with Gasteiger partial charge in [-0.2, -0.15) is 5.10 Å². The molecule has 0 N–H and O–H groups in total. The Kier molecular flexibility index (Phi) is 5.87. The first-order valence-electron chi connectivity index (χ1n) is 8.85. The molecule has 0 radical (unpaired) electrons. The predicted molar refractivity (Wildman–Crippen MR) is 102 cm³/mol. The molecule has 4 nitrogen and oxygen atoms in total. The lowest BCUT2D eigenvalue weighted by Crippen LogP contribution is -2.39. The quantitative estimate of drug-likeness (QED) is 0.727. The summed E-state index contributed by atoms with van der Waals surface area (Å²) < 4.78 is 1.87. The molecule has 1 saturated heterocycles. The van der Waals surface area contributed by atoms with Crippen molar-refractivity contribution in [3.05, 3.63) is 46.4 Å². The zero-order valence-electron chi connectivity index (χ0n) is 14.8. The van der Waals surface area contributed by atoms with Gasteiger partial charge in [0.25, 0.3) is 0 Å². The Hall–Kier alpha value is -1.43. The van der Waals surface area contributed by atoms with Crippen molar-refractivity contribution in [3.8, 4) is 0 Å². The molecule has 130 valence electrons. The van der Waals surface area contributed by atoms with Crippen LogP contribution in [0.15, 0.2) is 30.3 Å². The number of hydrogen-bond donors (Lipinski definition) is 0. The lowest BCUT2D eigenvalue weighted by Gasteiger charge is -2.30. The molecule has 2 aromatic heterocycles. The smallest absolute Gasteiger partial charge is 0.0541 e. The monoisotopic (exact) mass is 344 g/mol. The van der Waals surface area contributed by atoms with E-state index in [9.17, 15) is 0 Å². The van der Waals surface area contributed by atoms with Crippen molar-refractivity contribution in [1.82, 2.24) is 19.6 Å². The van der Waals surface area contributed by atoms with Crippen LogP contribution in [0.25, 0.3) is 6.20 Å². The molecule has 1 atom stereocenters. The van der Waals surface area contributed by atoms with Crippen LogP contribution in [0.3, 0.4) is 0 Å². The van der Waals surface area contributed by atoms with Gasteiger partial charge in [0.2, 0.25) is 0 Å². The Morgan fingerprint density at radius 2 is 2.33 bits per heavy atom. The number of thiophene rings is 1. The first kappa shape index (κ1) is 17.4. The Morgan fingerprint density at radius 3 is 3.00 bits per heavy atom. The molecular formula is C19H28N4S. The minimum absolute atomic E-state index is 0.685.